The fourth-order valence-electron chi connectivity index (χ4n) is 2.46. The fraction of sp³-hybridized carbons (Fsp3) is 0. The number of halogens is 1. The standard InChI is InChI=1S/C18H12FN3S/c19-14-7-8-16-13(11-14)12-17(23-15-5-2-1-3-6-15)22(16)18-20-9-4-10-21-18/h1-12H. The quantitative estimate of drug-likeness (QED) is 0.547. The lowest BCUT2D eigenvalue weighted by molar-refractivity contribution is 0.629. The molecule has 0 spiro atoms. The lowest BCUT2D eigenvalue weighted by Crippen LogP contribution is -2.01. The summed E-state index contributed by atoms with van der Waals surface area (Å²) in [7, 11) is 0. The maximum atomic E-state index is 13.6. The van der Waals surface area contributed by atoms with Crippen LogP contribution in [0.2, 0.25) is 0 Å². The van der Waals surface area contributed by atoms with Gasteiger partial charge in [0.2, 0.25) is 5.95 Å². The van der Waals surface area contributed by atoms with E-state index in [9.17, 15) is 4.39 Å². The molecule has 112 valence electrons. The Hall–Kier alpha value is -2.66. The molecule has 5 heteroatoms. The summed E-state index contributed by atoms with van der Waals surface area (Å²) in [6.07, 6.45) is 3.41. The van der Waals surface area contributed by atoms with Gasteiger partial charge in [-0.05, 0) is 42.5 Å². The number of aromatic nitrogens is 3. The number of hydrogen-bond acceptors (Lipinski definition) is 3. The first kappa shape index (κ1) is 14.0. The van der Waals surface area contributed by atoms with Crippen molar-refractivity contribution >= 4 is 22.7 Å². The van der Waals surface area contributed by atoms with Crippen LogP contribution in [0.25, 0.3) is 16.9 Å². The summed E-state index contributed by atoms with van der Waals surface area (Å²) in [5, 5.41) is 1.78. The summed E-state index contributed by atoms with van der Waals surface area (Å²) in [5.74, 6) is 0.326. The summed E-state index contributed by atoms with van der Waals surface area (Å²) in [4.78, 5) is 9.79. The molecule has 0 amide bonds. The van der Waals surface area contributed by atoms with Crippen LogP contribution in [0.4, 0.5) is 4.39 Å². The normalized spacial score (nSPS) is 11.0. The van der Waals surface area contributed by atoms with Crippen molar-refractivity contribution in [1.82, 2.24) is 14.5 Å². The molecule has 0 atom stereocenters. The van der Waals surface area contributed by atoms with E-state index >= 15 is 0 Å². The summed E-state index contributed by atoms with van der Waals surface area (Å²) in [6, 6.07) is 18.5. The molecule has 2 aromatic carbocycles. The van der Waals surface area contributed by atoms with Crippen molar-refractivity contribution in [2.75, 3.05) is 0 Å². The first-order valence-electron chi connectivity index (χ1n) is 7.12. The zero-order valence-electron chi connectivity index (χ0n) is 12.1. The Balaban J connectivity index is 1.92. The molecule has 0 bridgehead atoms. The van der Waals surface area contributed by atoms with Crippen molar-refractivity contribution in [2.45, 2.75) is 9.92 Å². The van der Waals surface area contributed by atoms with Gasteiger partial charge in [0.15, 0.2) is 0 Å². The van der Waals surface area contributed by atoms with Crippen molar-refractivity contribution in [2.24, 2.45) is 0 Å². The van der Waals surface area contributed by atoms with Gasteiger partial charge in [-0.1, -0.05) is 30.0 Å². The van der Waals surface area contributed by atoms with Gasteiger partial charge in [0.1, 0.15) is 5.82 Å². The van der Waals surface area contributed by atoms with Gasteiger partial charge in [-0.3, -0.25) is 4.57 Å². The fourth-order valence-corrected chi connectivity index (χ4v) is 3.45. The average molecular weight is 321 g/mol. The second kappa shape index (κ2) is 5.85. The molecule has 0 saturated carbocycles. The number of fused-ring (bicyclic) bond motifs is 1. The minimum Gasteiger partial charge on any atom is -0.272 e. The van der Waals surface area contributed by atoms with E-state index < -0.39 is 0 Å². The molecule has 0 unspecified atom stereocenters. The van der Waals surface area contributed by atoms with Gasteiger partial charge in [0.25, 0.3) is 0 Å². The summed E-state index contributed by atoms with van der Waals surface area (Å²) in [5.41, 5.74) is 0.885. The van der Waals surface area contributed by atoms with E-state index in [1.165, 1.54) is 12.1 Å². The number of benzene rings is 2. The highest BCUT2D eigenvalue weighted by atomic mass is 32.2. The lowest BCUT2D eigenvalue weighted by Gasteiger charge is -2.08. The average Bonchev–Trinajstić information content (AvgIpc) is 2.93. The molecular formula is C18H12FN3S. The van der Waals surface area contributed by atoms with Crippen molar-refractivity contribution < 1.29 is 4.39 Å². The number of nitrogens with zero attached hydrogens (tertiary/aromatic N) is 3. The SMILES string of the molecule is Fc1ccc2c(c1)cc(Sc1ccccc1)n2-c1ncccn1. The lowest BCUT2D eigenvalue weighted by atomic mass is 10.2. The van der Waals surface area contributed by atoms with E-state index in [4.69, 9.17) is 0 Å². The zero-order chi connectivity index (χ0) is 15.6. The van der Waals surface area contributed by atoms with Gasteiger partial charge < -0.3 is 0 Å². The molecule has 4 aromatic rings. The molecular weight excluding hydrogens is 309 g/mol. The van der Waals surface area contributed by atoms with Crippen molar-refractivity contribution in [3.05, 3.63) is 78.9 Å². The van der Waals surface area contributed by atoms with Crippen LogP contribution in [0.15, 0.2) is 83.0 Å². The summed E-state index contributed by atoms with van der Waals surface area (Å²) < 4.78 is 15.5. The van der Waals surface area contributed by atoms with E-state index in [1.807, 2.05) is 41.0 Å². The zero-order valence-corrected chi connectivity index (χ0v) is 12.9. The third-order valence-electron chi connectivity index (χ3n) is 3.45. The third-order valence-corrected chi connectivity index (χ3v) is 4.47. The van der Waals surface area contributed by atoms with E-state index in [-0.39, 0.29) is 5.82 Å². The molecule has 2 aromatic heterocycles. The van der Waals surface area contributed by atoms with Gasteiger partial charge in [-0.2, -0.15) is 0 Å². The Morgan fingerprint density at radius 3 is 2.43 bits per heavy atom. The highest BCUT2D eigenvalue weighted by Crippen LogP contribution is 2.34. The Morgan fingerprint density at radius 1 is 0.870 bits per heavy atom. The molecule has 4 rings (SSSR count). The molecule has 3 nitrogen and oxygen atoms in total. The van der Waals surface area contributed by atoms with Gasteiger partial charge in [-0.25, -0.2) is 14.4 Å². The maximum Gasteiger partial charge on any atom is 0.234 e. The predicted octanol–water partition coefficient (Wildman–Crippen LogP) is 4.71. The second-order valence-corrected chi connectivity index (χ2v) is 6.08. The van der Waals surface area contributed by atoms with Crippen molar-refractivity contribution in [1.29, 1.82) is 0 Å². The summed E-state index contributed by atoms with van der Waals surface area (Å²) >= 11 is 1.60. The van der Waals surface area contributed by atoms with E-state index in [0.29, 0.717) is 5.95 Å². The van der Waals surface area contributed by atoms with Crippen molar-refractivity contribution in [3.63, 3.8) is 0 Å². The maximum absolute atomic E-state index is 13.6. The Bertz CT molecular complexity index is 952. The van der Waals surface area contributed by atoms with Crippen LogP contribution in [-0.4, -0.2) is 14.5 Å². The molecule has 0 radical (unpaired) electrons. The predicted molar refractivity (Wildman–Crippen MR) is 89.4 cm³/mol. The third kappa shape index (κ3) is 2.71. The van der Waals surface area contributed by atoms with Crippen LogP contribution >= 0.6 is 11.8 Å². The number of hydrogen-bond donors (Lipinski definition) is 0. The first-order chi connectivity index (χ1) is 11.3. The Kier molecular flexibility index (Phi) is 3.55. The van der Waals surface area contributed by atoms with E-state index in [0.717, 1.165) is 20.8 Å². The molecule has 0 aliphatic carbocycles. The molecule has 0 saturated heterocycles. The van der Waals surface area contributed by atoms with Gasteiger partial charge in [0, 0.05) is 22.7 Å². The topological polar surface area (TPSA) is 30.7 Å². The van der Waals surface area contributed by atoms with Gasteiger partial charge >= 0.3 is 0 Å². The minimum atomic E-state index is -0.250. The number of rotatable bonds is 3. The van der Waals surface area contributed by atoms with Crippen LogP contribution < -0.4 is 0 Å². The van der Waals surface area contributed by atoms with Crippen LogP contribution in [0.5, 0.6) is 0 Å². The van der Waals surface area contributed by atoms with Crippen LogP contribution in [-0.2, 0) is 0 Å². The molecule has 0 aliphatic rings. The monoisotopic (exact) mass is 321 g/mol. The van der Waals surface area contributed by atoms with E-state index in [2.05, 4.69) is 9.97 Å². The largest absolute Gasteiger partial charge is 0.272 e. The van der Waals surface area contributed by atoms with E-state index in [1.54, 1.807) is 36.3 Å². The van der Waals surface area contributed by atoms with Crippen LogP contribution in [0, 0.1) is 5.82 Å². The van der Waals surface area contributed by atoms with Gasteiger partial charge in [0.05, 0.1) is 10.5 Å². The highest BCUT2D eigenvalue weighted by Gasteiger charge is 2.14. The Morgan fingerprint density at radius 2 is 1.65 bits per heavy atom. The Labute approximate surface area is 136 Å². The van der Waals surface area contributed by atoms with Gasteiger partial charge in [-0.15, -0.1) is 0 Å². The smallest absolute Gasteiger partial charge is 0.234 e. The minimum absolute atomic E-state index is 0.250. The second-order valence-electron chi connectivity index (χ2n) is 4.99. The molecule has 23 heavy (non-hydrogen) atoms. The highest BCUT2D eigenvalue weighted by molar-refractivity contribution is 7.99. The summed E-state index contributed by atoms with van der Waals surface area (Å²) in [6.45, 7) is 0. The van der Waals surface area contributed by atoms with Crippen LogP contribution in [0.3, 0.4) is 0 Å². The molecule has 2 heterocycles. The molecule has 0 aliphatic heterocycles. The van der Waals surface area contributed by atoms with Crippen molar-refractivity contribution in [3.8, 4) is 5.95 Å². The first-order valence-corrected chi connectivity index (χ1v) is 7.94. The molecule has 0 N–H and O–H groups in total. The molecule has 0 fully saturated rings. The van der Waals surface area contributed by atoms with Crippen LogP contribution in [0.1, 0.15) is 0 Å².